The third kappa shape index (κ3) is 3.11. The molecular formula is C16H21ClO2. The Balaban J connectivity index is 2.00. The highest BCUT2D eigenvalue weighted by molar-refractivity contribution is 6.17. The van der Waals surface area contributed by atoms with Crippen molar-refractivity contribution in [2.45, 2.75) is 44.9 Å². The summed E-state index contributed by atoms with van der Waals surface area (Å²) in [6.45, 7) is 2.05. The van der Waals surface area contributed by atoms with Crippen molar-refractivity contribution >= 4 is 17.6 Å². The van der Waals surface area contributed by atoms with Gasteiger partial charge in [-0.05, 0) is 31.7 Å². The maximum atomic E-state index is 11.6. The molecule has 2 nitrogen and oxygen atoms in total. The molecule has 1 N–H and O–H groups in total. The van der Waals surface area contributed by atoms with Crippen molar-refractivity contribution in [1.29, 1.82) is 0 Å². The lowest BCUT2D eigenvalue weighted by atomic mass is 9.92. The zero-order chi connectivity index (χ0) is 13.9. The van der Waals surface area contributed by atoms with Gasteiger partial charge in [0, 0.05) is 11.8 Å². The van der Waals surface area contributed by atoms with Crippen LogP contribution in [0.4, 0.5) is 0 Å². The minimum Gasteiger partial charge on any atom is -0.481 e. The first-order valence-corrected chi connectivity index (χ1v) is 7.49. The second kappa shape index (κ2) is 5.96. The quantitative estimate of drug-likeness (QED) is 0.595. The molecule has 0 aliphatic heterocycles. The van der Waals surface area contributed by atoms with Crippen LogP contribution in [0.1, 0.15) is 49.1 Å². The second-order valence-electron chi connectivity index (χ2n) is 5.63. The molecule has 104 valence electrons. The molecule has 0 saturated heterocycles. The molecule has 0 bridgehead atoms. The maximum absolute atomic E-state index is 11.6. The van der Waals surface area contributed by atoms with Gasteiger partial charge in [-0.2, -0.15) is 0 Å². The van der Waals surface area contributed by atoms with Crippen LogP contribution in [0, 0.1) is 12.3 Å². The van der Waals surface area contributed by atoms with Crippen molar-refractivity contribution in [3.63, 3.8) is 0 Å². The average Bonchev–Trinajstić information content (AvgIpc) is 3.12. The van der Waals surface area contributed by atoms with Gasteiger partial charge in [0.2, 0.25) is 0 Å². The smallest absolute Gasteiger partial charge is 0.310 e. The molecule has 1 aliphatic carbocycles. The van der Waals surface area contributed by atoms with E-state index in [0.717, 1.165) is 32.1 Å². The van der Waals surface area contributed by atoms with E-state index in [1.165, 1.54) is 11.1 Å². The summed E-state index contributed by atoms with van der Waals surface area (Å²) < 4.78 is 0. The van der Waals surface area contributed by atoms with Gasteiger partial charge in [0.15, 0.2) is 0 Å². The topological polar surface area (TPSA) is 37.3 Å². The molecule has 19 heavy (non-hydrogen) atoms. The predicted molar refractivity (Wildman–Crippen MR) is 77.8 cm³/mol. The highest BCUT2D eigenvalue weighted by Gasteiger charge is 2.60. The molecule has 1 saturated carbocycles. The van der Waals surface area contributed by atoms with E-state index >= 15 is 0 Å². The Morgan fingerprint density at radius 1 is 1.32 bits per heavy atom. The summed E-state index contributed by atoms with van der Waals surface area (Å²) in [5.41, 5.74) is 1.87. The molecule has 1 aromatic rings. The van der Waals surface area contributed by atoms with Crippen molar-refractivity contribution in [2.75, 3.05) is 5.88 Å². The van der Waals surface area contributed by atoms with E-state index in [-0.39, 0.29) is 5.92 Å². The van der Waals surface area contributed by atoms with Crippen molar-refractivity contribution in [1.82, 2.24) is 0 Å². The van der Waals surface area contributed by atoms with Crippen molar-refractivity contribution in [3.05, 3.63) is 35.4 Å². The SMILES string of the molecule is Cc1ccc([C@H]2C[C@@]2(CCCCCCl)C(=O)O)cc1. The summed E-state index contributed by atoms with van der Waals surface area (Å²) in [7, 11) is 0. The van der Waals surface area contributed by atoms with Crippen LogP contribution in [0.15, 0.2) is 24.3 Å². The molecular weight excluding hydrogens is 260 g/mol. The summed E-state index contributed by atoms with van der Waals surface area (Å²) in [5.74, 6) is 0.229. The third-order valence-corrected chi connectivity index (χ3v) is 4.50. The fourth-order valence-corrected chi connectivity index (χ4v) is 3.06. The number of aryl methyl sites for hydroxylation is 1. The van der Waals surface area contributed by atoms with Crippen LogP contribution in [-0.4, -0.2) is 17.0 Å². The second-order valence-corrected chi connectivity index (χ2v) is 6.01. The molecule has 0 aromatic heterocycles. The fraction of sp³-hybridized carbons (Fsp3) is 0.562. The first-order chi connectivity index (χ1) is 9.10. The number of benzene rings is 1. The number of carbonyl (C=O) groups is 1. The van der Waals surface area contributed by atoms with Crippen LogP contribution < -0.4 is 0 Å². The molecule has 0 radical (unpaired) electrons. The van der Waals surface area contributed by atoms with Crippen LogP contribution in [0.25, 0.3) is 0 Å². The van der Waals surface area contributed by atoms with E-state index in [0.29, 0.717) is 5.88 Å². The number of carboxylic acids is 1. The summed E-state index contributed by atoms with van der Waals surface area (Å²) >= 11 is 5.65. The van der Waals surface area contributed by atoms with E-state index in [1.807, 2.05) is 6.92 Å². The Bertz CT molecular complexity index is 441. The monoisotopic (exact) mass is 280 g/mol. The molecule has 0 unspecified atom stereocenters. The summed E-state index contributed by atoms with van der Waals surface area (Å²) in [6.07, 6.45) is 4.52. The number of hydrogen-bond acceptors (Lipinski definition) is 1. The lowest BCUT2D eigenvalue weighted by Gasteiger charge is -2.12. The number of aliphatic carboxylic acids is 1. The lowest BCUT2D eigenvalue weighted by Crippen LogP contribution is -2.17. The summed E-state index contributed by atoms with van der Waals surface area (Å²) in [4.78, 5) is 11.6. The van der Waals surface area contributed by atoms with E-state index in [9.17, 15) is 9.90 Å². The van der Waals surface area contributed by atoms with E-state index in [1.54, 1.807) is 0 Å². The zero-order valence-electron chi connectivity index (χ0n) is 11.4. The zero-order valence-corrected chi connectivity index (χ0v) is 12.1. The lowest BCUT2D eigenvalue weighted by molar-refractivity contribution is -0.143. The number of hydrogen-bond donors (Lipinski definition) is 1. The third-order valence-electron chi connectivity index (χ3n) is 4.24. The van der Waals surface area contributed by atoms with Gasteiger partial charge in [-0.15, -0.1) is 11.6 Å². The predicted octanol–water partition coefficient (Wildman–Crippen LogP) is 4.35. The standard InChI is InChI=1S/C16H21ClO2/c1-12-5-7-13(8-6-12)14-11-16(14,15(18)19)9-3-2-4-10-17/h5-8,14H,2-4,9-11H2,1H3,(H,18,19)/t14-,16-/m1/s1. The number of halogens is 1. The highest BCUT2D eigenvalue weighted by Crippen LogP contribution is 2.62. The molecule has 0 heterocycles. The van der Waals surface area contributed by atoms with Gasteiger partial charge < -0.3 is 5.11 Å². The first-order valence-electron chi connectivity index (χ1n) is 6.96. The van der Waals surface area contributed by atoms with Gasteiger partial charge in [-0.1, -0.05) is 42.7 Å². The van der Waals surface area contributed by atoms with Crippen molar-refractivity contribution in [2.24, 2.45) is 5.41 Å². The molecule has 1 fully saturated rings. The highest BCUT2D eigenvalue weighted by atomic mass is 35.5. The maximum Gasteiger partial charge on any atom is 0.310 e. The Kier molecular flexibility index (Phi) is 4.51. The number of unbranched alkanes of at least 4 members (excludes halogenated alkanes) is 2. The minimum absolute atomic E-state index is 0.196. The Morgan fingerprint density at radius 3 is 2.58 bits per heavy atom. The summed E-state index contributed by atoms with van der Waals surface area (Å²) in [6, 6.07) is 8.27. The molecule has 2 rings (SSSR count). The molecule has 1 aromatic carbocycles. The number of carboxylic acid groups (broad SMARTS) is 1. The number of alkyl halides is 1. The van der Waals surface area contributed by atoms with Gasteiger partial charge in [0.25, 0.3) is 0 Å². The molecule has 0 amide bonds. The Morgan fingerprint density at radius 2 is 2.00 bits per heavy atom. The molecule has 1 aliphatic rings. The van der Waals surface area contributed by atoms with Crippen molar-refractivity contribution in [3.8, 4) is 0 Å². The van der Waals surface area contributed by atoms with Crippen LogP contribution >= 0.6 is 11.6 Å². The normalized spacial score (nSPS) is 25.3. The number of rotatable bonds is 7. The van der Waals surface area contributed by atoms with Gasteiger partial charge in [0.1, 0.15) is 0 Å². The van der Waals surface area contributed by atoms with Crippen LogP contribution in [0.3, 0.4) is 0 Å². The Labute approximate surface area is 119 Å². The van der Waals surface area contributed by atoms with Crippen LogP contribution in [0.5, 0.6) is 0 Å². The Hall–Kier alpha value is -1.02. The van der Waals surface area contributed by atoms with E-state index in [4.69, 9.17) is 11.6 Å². The van der Waals surface area contributed by atoms with Gasteiger partial charge in [-0.25, -0.2) is 0 Å². The summed E-state index contributed by atoms with van der Waals surface area (Å²) in [5, 5.41) is 9.52. The van der Waals surface area contributed by atoms with E-state index < -0.39 is 11.4 Å². The van der Waals surface area contributed by atoms with E-state index in [2.05, 4.69) is 24.3 Å². The fourth-order valence-electron chi connectivity index (χ4n) is 2.87. The first kappa shape index (κ1) is 14.4. The van der Waals surface area contributed by atoms with Gasteiger partial charge in [0.05, 0.1) is 5.41 Å². The van der Waals surface area contributed by atoms with Gasteiger partial charge >= 0.3 is 5.97 Å². The minimum atomic E-state index is -0.635. The van der Waals surface area contributed by atoms with Crippen molar-refractivity contribution < 1.29 is 9.90 Å². The largest absolute Gasteiger partial charge is 0.481 e. The average molecular weight is 281 g/mol. The molecule has 2 atom stereocenters. The van der Waals surface area contributed by atoms with Crippen LogP contribution in [0.2, 0.25) is 0 Å². The molecule has 0 spiro atoms. The molecule has 3 heteroatoms. The van der Waals surface area contributed by atoms with Gasteiger partial charge in [-0.3, -0.25) is 4.79 Å². The van der Waals surface area contributed by atoms with Crippen LogP contribution in [-0.2, 0) is 4.79 Å².